The van der Waals surface area contributed by atoms with E-state index < -0.39 is 0 Å². The summed E-state index contributed by atoms with van der Waals surface area (Å²) in [4.78, 5) is 13.6. The predicted molar refractivity (Wildman–Crippen MR) is 96.2 cm³/mol. The minimum absolute atomic E-state index is 0.0295. The van der Waals surface area contributed by atoms with E-state index in [0.29, 0.717) is 19.8 Å². The Morgan fingerprint density at radius 3 is 2.73 bits per heavy atom. The fraction of sp³-hybridized carbons (Fsp3) is 0.588. The van der Waals surface area contributed by atoms with E-state index in [-0.39, 0.29) is 12.1 Å². The normalized spacial score (nSPS) is 24.1. The number of aromatic amines is 1. The molecule has 4 heterocycles. The van der Waals surface area contributed by atoms with Crippen LogP contribution in [0.25, 0.3) is 0 Å². The summed E-state index contributed by atoms with van der Waals surface area (Å²) in [6, 6.07) is 0.127. The van der Waals surface area contributed by atoms with Crippen LogP contribution in [0.2, 0.25) is 0 Å². The van der Waals surface area contributed by atoms with Crippen molar-refractivity contribution >= 4 is 5.95 Å². The van der Waals surface area contributed by atoms with Crippen LogP contribution in [-0.2, 0) is 11.3 Å². The minimum Gasteiger partial charge on any atom is -0.483 e. The zero-order chi connectivity index (χ0) is 17.8. The molecule has 0 spiro atoms. The van der Waals surface area contributed by atoms with Crippen LogP contribution in [0, 0.1) is 0 Å². The first kappa shape index (κ1) is 17.2. The molecule has 2 saturated heterocycles. The molecule has 0 radical (unpaired) electrons. The van der Waals surface area contributed by atoms with Crippen molar-refractivity contribution in [2.45, 2.75) is 18.7 Å². The maximum absolute atomic E-state index is 5.90. The average Bonchev–Trinajstić information content (AvgIpc) is 3.34. The van der Waals surface area contributed by atoms with E-state index in [1.807, 2.05) is 12.4 Å². The summed E-state index contributed by atoms with van der Waals surface area (Å²) in [6.07, 6.45) is 7.17. The highest BCUT2D eigenvalue weighted by molar-refractivity contribution is 5.30. The number of piperazine rings is 1. The van der Waals surface area contributed by atoms with Gasteiger partial charge in [0.25, 0.3) is 0 Å². The first-order valence-electron chi connectivity index (χ1n) is 8.99. The van der Waals surface area contributed by atoms with Crippen LogP contribution in [0.5, 0.6) is 5.75 Å². The van der Waals surface area contributed by atoms with Crippen LogP contribution in [-0.4, -0.2) is 83.7 Å². The smallest absolute Gasteiger partial charge is 0.225 e. The average molecular weight is 359 g/mol. The number of nitrogens with one attached hydrogen (secondary N) is 2. The molecule has 140 valence electrons. The van der Waals surface area contributed by atoms with Crippen molar-refractivity contribution < 1.29 is 9.47 Å². The molecule has 2 fully saturated rings. The van der Waals surface area contributed by atoms with Crippen molar-refractivity contribution in [1.29, 1.82) is 0 Å². The van der Waals surface area contributed by atoms with E-state index in [1.165, 1.54) is 0 Å². The SMILES string of the molecule is CN1CCN(c2ncc(CN[C@H]3COC[C@H]3Oc3cn[nH]c3)cn2)CC1. The molecule has 2 aromatic rings. The standard InChI is InChI=1S/C17H25N7O2/c1-23-2-4-24(5-3-23)17-19-7-13(8-20-17)6-18-15-11-25-12-16(15)26-14-9-21-22-10-14/h7-10,15-16,18H,2-6,11-12H2,1H3,(H,21,22)/t15-,16+/m0/s1. The van der Waals surface area contributed by atoms with Gasteiger partial charge in [0.2, 0.25) is 5.95 Å². The molecule has 2 aliphatic rings. The first-order chi connectivity index (χ1) is 12.8. The van der Waals surface area contributed by atoms with E-state index in [0.717, 1.165) is 43.4 Å². The molecule has 0 aliphatic carbocycles. The molecule has 2 aromatic heterocycles. The van der Waals surface area contributed by atoms with Gasteiger partial charge >= 0.3 is 0 Å². The molecule has 2 aliphatic heterocycles. The van der Waals surface area contributed by atoms with E-state index in [4.69, 9.17) is 9.47 Å². The van der Waals surface area contributed by atoms with E-state index >= 15 is 0 Å². The summed E-state index contributed by atoms with van der Waals surface area (Å²) in [5.41, 5.74) is 1.05. The van der Waals surface area contributed by atoms with Gasteiger partial charge in [0.1, 0.15) is 6.10 Å². The Balaban J connectivity index is 1.29. The third-order valence-corrected chi connectivity index (χ3v) is 4.84. The molecule has 9 nitrogen and oxygen atoms in total. The lowest BCUT2D eigenvalue weighted by Gasteiger charge is -2.32. The summed E-state index contributed by atoms with van der Waals surface area (Å²) >= 11 is 0. The van der Waals surface area contributed by atoms with Crippen molar-refractivity contribution in [3.63, 3.8) is 0 Å². The molecule has 0 amide bonds. The number of nitrogens with zero attached hydrogens (tertiary/aromatic N) is 5. The number of likely N-dealkylation sites (N-methyl/N-ethyl adjacent to an activating group) is 1. The van der Waals surface area contributed by atoms with Gasteiger partial charge in [0.05, 0.1) is 31.6 Å². The van der Waals surface area contributed by atoms with E-state index in [2.05, 4.69) is 42.3 Å². The van der Waals surface area contributed by atoms with E-state index in [1.54, 1.807) is 12.4 Å². The second kappa shape index (κ2) is 7.98. The Labute approximate surface area is 152 Å². The molecule has 0 aromatic carbocycles. The van der Waals surface area contributed by atoms with Gasteiger partial charge in [-0.1, -0.05) is 0 Å². The lowest BCUT2D eigenvalue weighted by atomic mass is 10.2. The summed E-state index contributed by atoms with van der Waals surface area (Å²) in [7, 11) is 2.14. The van der Waals surface area contributed by atoms with Gasteiger partial charge in [-0.25, -0.2) is 9.97 Å². The van der Waals surface area contributed by atoms with Crippen molar-refractivity contribution in [2.24, 2.45) is 0 Å². The predicted octanol–water partition coefficient (Wildman–Crippen LogP) is -0.112. The number of aromatic nitrogens is 4. The van der Waals surface area contributed by atoms with Crippen LogP contribution in [0.3, 0.4) is 0 Å². The molecule has 2 N–H and O–H groups in total. The molecule has 4 rings (SSSR count). The van der Waals surface area contributed by atoms with Gasteiger partial charge in [0, 0.05) is 50.7 Å². The number of ether oxygens (including phenoxy) is 2. The molecule has 0 bridgehead atoms. The molecule has 26 heavy (non-hydrogen) atoms. The summed E-state index contributed by atoms with van der Waals surface area (Å²) in [5, 5.41) is 10.1. The number of H-pyrrole nitrogens is 1. The highest BCUT2D eigenvalue weighted by atomic mass is 16.5. The fourth-order valence-electron chi connectivity index (χ4n) is 3.18. The molecular formula is C17H25N7O2. The fourth-order valence-corrected chi connectivity index (χ4v) is 3.18. The second-order valence-corrected chi connectivity index (χ2v) is 6.80. The van der Waals surface area contributed by atoms with Crippen molar-refractivity contribution in [3.05, 3.63) is 30.4 Å². The van der Waals surface area contributed by atoms with Crippen LogP contribution >= 0.6 is 0 Å². The topological polar surface area (TPSA) is 91.4 Å². The van der Waals surface area contributed by atoms with Gasteiger partial charge in [-0.3, -0.25) is 5.10 Å². The quantitative estimate of drug-likeness (QED) is 0.738. The molecule has 0 saturated carbocycles. The highest BCUT2D eigenvalue weighted by Gasteiger charge is 2.30. The van der Waals surface area contributed by atoms with Crippen LogP contribution in [0.4, 0.5) is 5.95 Å². The Kier molecular flexibility index (Phi) is 5.28. The third-order valence-electron chi connectivity index (χ3n) is 4.84. The Morgan fingerprint density at radius 1 is 1.19 bits per heavy atom. The zero-order valence-electron chi connectivity index (χ0n) is 15.0. The van der Waals surface area contributed by atoms with Gasteiger partial charge < -0.3 is 24.6 Å². The maximum atomic E-state index is 5.90. The molecule has 9 heteroatoms. The van der Waals surface area contributed by atoms with Crippen LogP contribution in [0.1, 0.15) is 5.56 Å². The molecule has 2 atom stereocenters. The number of hydrogen-bond acceptors (Lipinski definition) is 8. The van der Waals surface area contributed by atoms with Gasteiger partial charge in [-0.15, -0.1) is 0 Å². The van der Waals surface area contributed by atoms with Gasteiger partial charge in [0.15, 0.2) is 5.75 Å². The summed E-state index contributed by atoms with van der Waals surface area (Å²) in [5.74, 6) is 1.54. The van der Waals surface area contributed by atoms with Gasteiger partial charge in [-0.05, 0) is 7.05 Å². The van der Waals surface area contributed by atoms with Crippen LogP contribution in [0.15, 0.2) is 24.8 Å². The monoisotopic (exact) mass is 359 g/mol. The zero-order valence-corrected chi connectivity index (χ0v) is 15.0. The maximum Gasteiger partial charge on any atom is 0.225 e. The van der Waals surface area contributed by atoms with Crippen molar-refractivity contribution in [3.8, 4) is 5.75 Å². The summed E-state index contributed by atoms with van der Waals surface area (Å²) in [6.45, 7) is 5.92. The summed E-state index contributed by atoms with van der Waals surface area (Å²) < 4.78 is 11.5. The lowest BCUT2D eigenvalue weighted by molar-refractivity contribution is 0.139. The van der Waals surface area contributed by atoms with Crippen LogP contribution < -0.4 is 15.0 Å². The first-order valence-corrected chi connectivity index (χ1v) is 8.99. The highest BCUT2D eigenvalue weighted by Crippen LogP contribution is 2.16. The molecular weight excluding hydrogens is 334 g/mol. The van der Waals surface area contributed by atoms with Crippen molar-refractivity contribution in [1.82, 2.24) is 30.4 Å². The van der Waals surface area contributed by atoms with Crippen molar-refractivity contribution in [2.75, 3.05) is 51.3 Å². The number of hydrogen-bond donors (Lipinski definition) is 2. The Hall–Kier alpha value is -2.23. The largest absolute Gasteiger partial charge is 0.483 e. The number of rotatable bonds is 6. The van der Waals surface area contributed by atoms with Gasteiger partial charge in [-0.2, -0.15) is 5.10 Å². The Morgan fingerprint density at radius 2 is 2.00 bits per heavy atom. The van der Waals surface area contributed by atoms with E-state index in [9.17, 15) is 0 Å². The lowest BCUT2D eigenvalue weighted by Crippen LogP contribution is -2.45. The number of anilines is 1. The second-order valence-electron chi connectivity index (χ2n) is 6.80. The third kappa shape index (κ3) is 4.12. The molecule has 0 unspecified atom stereocenters. The Bertz CT molecular complexity index is 671. The minimum atomic E-state index is -0.0295.